The van der Waals surface area contributed by atoms with Crippen LogP contribution >= 0.6 is 0 Å². The van der Waals surface area contributed by atoms with Crippen LogP contribution in [0.25, 0.3) is 0 Å². The van der Waals surface area contributed by atoms with Crippen LogP contribution in [0.2, 0.25) is 0 Å². The third-order valence-electron chi connectivity index (χ3n) is 2.91. The molecule has 2 aromatic carbocycles. The number of anilines is 1. The molecule has 0 spiro atoms. The molecule has 0 aromatic heterocycles. The second kappa shape index (κ2) is 5.52. The molecule has 19 heavy (non-hydrogen) atoms. The normalized spacial score (nSPS) is 10.2. The minimum absolute atomic E-state index is 0.242. The standard InChI is InChI=1S/C15H15FN2O/c1-10-8-13(16)6-7-14(10)18-9-11-2-4-12(5-3-11)15(17)19/h2-8,18H,9H2,1H3,(H2,17,19). The van der Waals surface area contributed by atoms with Gasteiger partial charge in [0.25, 0.3) is 0 Å². The van der Waals surface area contributed by atoms with Crippen LogP contribution in [0.1, 0.15) is 21.5 Å². The Morgan fingerprint density at radius 2 is 1.89 bits per heavy atom. The molecule has 4 heteroatoms. The molecule has 2 aromatic rings. The van der Waals surface area contributed by atoms with Gasteiger partial charge in [-0.05, 0) is 48.4 Å². The third kappa shape index (κ3) is 3.31. The van der Waals surface area contributed by atoms with Crippen molar-refractivity contribution in [2.24, 2.45) is 5.73 Å². The second-order valence-corrected chi connectivity index (χ2v) is 4.37. The zero-order valence-corrected chi connectivity index (χ0v) is 10.6. The molecule has 3 nitrogen and oxygen atoms in total. The quantitative estimate of drug-likeness (QED) is 0.886. The smallest absolute Gasteiger partial charge is 0.248 e. The van der Waals surface area contributed by atoms with Gasteiger partial charge in [0, 0.05) is 17.8 Å². The molecule has 0 saturated carbocycles. The van der Waals surface area contributed by atoms with E-state index in [9.17, 15) is 9.18 Å². The summed E-state index contributed by atoms with van der Waals surface area (Å²) in [6.07, 6.45) is 0. The minimum atomic E-state index is -0.436. The number of amides is 1. The Morgan fingerprint density at radius 1 is 1.21 bits per heavy atom. The number of hydrogen-bond donors (Lipinski definition) is 2. The molecule has 0 unspecified atom stereocenters. The lowest BCUT2D eigenvalue weighted by Gasteiger charge is -2.09. The number of nitrogens with two attached hydrogens (primary N) is 1. The molecule has 0 aliphatic carbocycles. The van der Waals surface area contributed by atoms with Crippen LogP contribution < -0.4 is 11.1 Å². The van der Waals surface area contributed by atoms with Crippen molar-refractivity contribution in [2.75, 3.05) is 5.32 Å². The molecule has 0 aliphatic heterocycles. The number of benzene rings is 2. The highest BCUT2D eigenvalue weighted by Gasteiger charge is 2.02. The van der Waals surface area contributed by atoms with Crippen molar-refractivity contribution in [1.29, 1.82) is 0 Å². The molecule has 0 saturated heterocycles. The van der Waals surface area contributed by atoms with Gasteiger partial charge in [-0.3, -0.25) is 4.79 Å². The summed E-state index contributed by atoms with van der Waals surface area (Å²) in [4.78, 5) is 10.9. The van der Waals surface area contributed by atoms with E-state index in [1.54, 1.807) is 18.2 Å². The number of nitrogens with one attached hydrogen (secondary N) is 1. The summed E-state index contributed by atoms with van der Waals surface area (Å²) in [5.74, 6) is -0.678. The Morgan fingerprint density at radius 3 is 2.47 bits per heavy atom. The number of aryl methyl sites for hydroxylation is 1. The van der Waals surface area contributed by atoms with Crippen molar-refractivity contribution in [3.05, 3.63) is 65.0 Å². The van der Waals surface area contributed by atoms with Crippen LogP contribution in [0, 0.1) is 12.7 Å². The van der Waals surface area contributed by atoms with Gasteiger partial charge < -0.3 is 11.1 Å². The average molecular weight is 258 g/mol. The fourth-order valence-electron chi connectivity index (χ4n) is 1.81. The van der Waals surface area contributed by atoms with Gasteiger partial charge in [-0.1, -0.05) is 12.1 Å². The van der Waals surface area contributed by atoms with Gasteiger partial charge in [0.05, 0.1) is 0 Å². The Labute approximate surface area is 111 Å². The van der Waals surface area contributed by atoms with Crippen LogP contribution in [0.4, 0.5) is 10.1 Å². The highest BCUT2D eigenvalue weighted by Crippen LogP contribution is 2.16. The van der Waals surface area contributed by atoms with Crippen molar-refractivity contribution in [3.63, 3.8) is 0 Å². The van der Waals surface area contributed by atoms with Crippen molar-refractivity contribution in [1.82, 2.24) is 0 Å². The summed E-state index contributed by atoms with van der Waals surface area (Å²) in [5, 5.41) is 3.22. The topological polar surface area (TPSA) is 55.1 Å². The first-order valence-corrected chi connectivity index (χ1v) is 5.95. The van der Waals surface area contributed by atoms with Gasteiger partial charge in [-0.25, -0.2) is 4.39 Å². The summed E-state index contributed by atoms with van der Waals surface area (Å²) in [7, 11) is 0. The van der Waals surface area contributed by atoms with E-state index < -0.39 is 5.91 Å². The monoisotopic (exact) mass is 258 g/mol. The largest absolute Gasteiger partial charge is 0.381 e. The fraction of sp³-hybridized carbons (Fsp3) is 0.133. The van der Waals surface area contributed by atoms with Gasteiger partial charge in [0.1, 0.15) is 5.82 Å². The maximum atomic E-state index is 13.0. The molecule has 0 radical (unpaired) electrons. The van der Waals surface area contributed by atoms with Gasteiger partial charge in [0.2, 0.25) is 5.91 Å². The molecular weight excluding hydrogens is 243 g/mol. The van der Waals surface area contributed by atoms with E-state index in [1.807, 2.05) is 19.1 Å². The zero-order chi connectivity index (χ0) is 13.8. The fourth-order valence-corrected chi connectivity index (χ4v) is 1.81. The number of halogens is 1. The van der Waals surface area contributed by atoms with Gasteiger partial charge in [0.15, 0.2) is 0 Å². The maximum Gasteiger partial charge on any atom is 0.248 e. The summed E-state index contributed by atoms with van der Waals surface area (Å²) in [6, 6.07) is 11.7. The summed E-state index contributed by atoms with van der Waals surface area (Å²) in [6.45, 7) is 2.45. The lowest BCUT2D eigenvalue weighted by atomic mass is 10.1. The molecule has 98 valence electrons. The summed E-state index contributed by atoms with van der Waals surface area (Å²) in [5.41, 5.74) is 8.43. The van der Waals surface area contributed by atoms with Gasteiger partial charge >= 0.3 is 0 Å². The second-order valence-electron chi connectivity index (χ2n) is 4.37. The van der Waals surface area contributed by atoms with Crippen molar-refractivity contribution in [3.8, 4) is 0 Å². The SMILES string of the molecule is Cc1cc(F)ccc1NCc1ccc(C(N)=O)cc1. The first-order chi connectivity index (χ1) is 9.06. The van der Waals surface area contributed by atoms with Crippen molar-refractivity contribution < 1.29 is 9.18 Å². The molecule has 3 N–H and O–H groups in total. The van der Waals surface area contributed by atoms with Gasteiger partial charge in [-0.2, -0.15) is 0 Å². The summed E-state index contributed by atoms with van der Waals surface area (Å²) < 4.78 is 13.0. The van der Waals surface area contributed by atoms with Crippen molar-refractivity contribution >= 4 is 11.6 Å². The summed E-state index contributed by atoms with van der Waals surface area (Å²) >= 11 is 0. The first kappa shape index (κ1) is 13.1. The zero-order valence-electron chi connectivity index (χ0n) is 10.6. The van der Waals surface area contributed by atoms with E-state index in [2.05, 4.69) is 5.32 Å². The lowest BCUT2D eigenvalue weighted by Crippen LogP contribution is -2.10. The number of carbonyl (C=O) groups excluding carboxylic acids is 1. The molecule has 2 rings (SSSR count). The van der Waals surface area contributed by atoms with Crippen LogP contribution in [-0.2, 0) is 6.54 Å². The van der Waals surface area contributed by atoms with E-state index in [4.69, 9.17) is 5.73 Å². The molecule has 0 bridgehead atoms. The third-order valence-corrected chi connectivity index (χ3v) is 2.91. The van der Waals surface area contributed by atoms with Crippen LogP contribution in [-0.4, -0.2) is 5.91 Å². The Bertz CT molecular complexity index is 594. The van der Waals surface area contributed by atoms with Crippen LogP contribution in [0.3, 0.4) is 0 Å². The lowest BCUT2D eigenvalue weighted by molar-refractivity contribution is 0.100. The maximum absolute atomic E-state index is 13.0. The highest BCUT2D eigenvalue weighted by atomic mass is 19.1. The number of carbonyl (C=O) groups is 1. The van der Waals surface area contributed by atoms with E-state index in [0.29, 0.717) is 12.1 Å². The molecule has 0 heterocycles. The van der Waals surface area contributed by atoms with E-state index in [-0.39, 0.29) is 5.82 Å². The van der Waals surface area contributed by atoms with E-state index in [0.717, 1.165) is 16.8 Å². The first-order valence-electron chi connectivity index (χ1n) is 5.95. The van der Waals surface area contributed by atoms with Gasteiger partial charge in [-0.15, -0.1) is 0 Å². The number of rotatable bonds is 4. The Balaban J connectivity index is 2.04. The predicted molar refractivity (Wildman–Crippen MR) is 73.4 cm³/mol. The van der Waals surface area contributed by atoms with E-state index in [1.165, 1.54) is 12.1 Å². The Hall–Kier alpha value is -2.36. The molecule has 0 aliphatic rings. The van der Waals surface area contributed by atoms with Crippen molar-refractivity contribution in [2.45, 2.75) is 13.5 Å². The average Bonchev–Trinajstić information content (AvgIpc) is 2.38. The van der Waals surface area contributed by atoms with E-state index >= 15 is 0 Å². The van der Waals surface area contributed by atoms with Crippen LogP contribution in [0.15, 0.2) is 42.5 Å². The molecule has 1 amide bonds. The van der Waals surface area contributed by atoms with Crippen LogP contribution in [0.5, 0.6) is 0 Å². The minimum Gasteiger partial charge on any atom is -0.381 e. The number of hydrogen-bond acceptors (Lipinski definition) is 2. The number of primary amides is 1. The predicted octanol–water partition coefficient (Wildman–Crippen LogP) is 2.85. The molecule has 0 fully saturated rings. The Kier molecular flexibility index (Phi) is 3.80. The molecule has 0 atom stereocenters. The highest BCUT2D eigenvalue weighted by molar-refractivity contribution is 5.92. The molecular formula is C15H15FN2O.